The summed E-state index contributed by atoms with van der Waals surface area (Å²) < 4.78 is 3.55. The number of hydrogen-bond acceptors (Lipinski definition) is 6. The molecule has 1 aliphatic heterocycles. The van der Waals surface area contributed by atoms with E-state index in [9.17, 15) is 5.26 Å². The third-order valence-electron chi connectivity index (χ3n) is 7.19. The summed E-state index contributed by atoms with van der Waals surface area (Å²) in [5.74, 6) is 2.31. The highest BCUT2D eigenvalue weighted by molar-refractivity contribution is 5.87. The van der Waals surface area contributed by atoms with Crippen LogP contribution in [-0.4, -0.2) is 43.0 Å². The van der Waals surface area contributed by atoms with E-state index in [1.54, 1.807) is 15.4 Å². The first kappa shape index (κ1) is 22.4. The number of fused-ring (bicyclic) bond motifs is 2. The van der Waals surface area contributed by atoms with Gasteiger partial charge in [0, 0.05) is 66.5 Å². The van der Waals surface area contributed by atoms with Crippen LogP contribution >= 0.6 is 12.4 Å². The molecule has 0 amide bonds. The van der Waals surface area contributed by atoms with E-state index in [0.717, 1.165) is 59.5 Å². The van der Waals surface area contributed by atoms with Gasteiger partial charge in [0.05, 0.1) is 23.5 Å². The predicted octanol–water partition coefficient (Wildman–Crippen LogP) is 3.65. The molecule has 2 aliphatic rings. The lowest BCUT2D eigenvalue weighted by molar-refractivity contribution is 0.449. The van der Waals surface area contributed by atoms with Crippen molar-refractivity contribution in [1.82, 2.24) is 24.4 Å². The van der Waals surface area contributed by atoms with Crippen molar-refractivity contribution < 1.29 is 0 Å². The predicted molar refractivity (Wildman–Crippen MR) is 134 cm³/mol. The van der Waals surface area contributed by atoms with Crippen LogP contribution in [-0.2, 0) is 7.05 Å². The topological polar surface area (TPSA) is 101 Å². The highest BCUT2D eigenvalue weighted by atomic mass is 35.5. The van der Waals surface area contributed by atoms with Crippen molar-refractivity contribution in [3.8, 4) is 28.3 Å². The summed E-state index contributed by atoms with van der Waals surface area (Å²) in [6, 6.07) is 8.55. The van der Waals surface area contributed by atoms with Crippen molar-refractivity contribution in [2.24, 2.45) is 24.6 Å². The van der Waals surface area contributed by atoms with Gasteiger partial charge in [-0.25, -0.2) is 9.50 Å². The molecule has 5 heterocycles. The van der Waals surface area contributed by atoms with E-state index >= 15 is 0 Å². The number of nitrogens with zero attached hydrogens (tertiary/aromatic N) is 7. The number of rotatable bonds is 3. The highest BCUT2D eigenvalue weighted by Gasteiger charge is 2.45. The minimum absolute atomic E-state index is 0. The van der Waals surface area contributed by atoms with Gasteiger partial charge in [-0.15, -0.1) is 12.4 Å². The van der Waals surface area contributed by atoms with Crippen LogP contribution in [0, 0.1) is 23.2 Å². The van der Waals surface area contributed by atoms with Crippen LogP contribution in [0.1, 0.15) is 25.3 Å². The van der Waals surface area contributed by atoms with Gasteiger partial charge in [-0.2, -0.15) is 15.5 Å². The lowest BCUT2D eigenvalue weighted by Crippen LogP contribution is -2.35. The maximum atomic E-state index is 9.64. The SMILES string of the molecule is Cl.Cn1cc(-c2cc(-c3ccc(N4C[C@@H]5CC(C)(N)C[C@@H]5C4)nc3)c3c(C#N)cnn3c2)cn1. The molecule has 1 unspecified atom stereocenters. The van der Waals surface area contributed by atoms with Crippen molar-refractivity contribution >= 4 is 23.7 Å². The Kier molecular flexibility index (Phi) is 5.34. The minimum Gasteiger partial charge on any atom is -0.356 e. The molecule has 2 fully saturated rings. The summed E-state index contributed by atoms with van der Waals surface area (Å²) in [5.41, 5.74) is 11.6. The van der Waals surface area contributed by atoms with E-state index in [4.69, 9.17) is 10.7 Å². The Bertz CT molecular complexity index is 1380. The third-order valence-corrected chi connectivity index (χ3v) is 7.19. The van der Waals surface area contributed by atoms with Gasteiger partial charge < -0.3 is 10.6 Å². The third kappa shape index (κ3) is 3.71. The van der Waals surface area contributed by atoms with Crippen LogP contribution in [0.2, 0.25) is 0 Å². The summed E-state index contributed by atoms with van der Waals surface area (Å²) in [5, 5.41) is 18.4. The molecular formula is C25H27ClN8. The van der Waals surface area contributed by atoms with Crippen LogP contribution in [0.25, 0.3) is 27.8 Å². The molecule has 0 bridgehead atoms. The maximum Gasteiger partial charge on any atom is 0.128 e. The second-order valence-corrected chi connectivity index (χ2v) is 9.90. The second kappa shape index (κ2) is 8.12. The molecule has 174 valence electrons. The maximum absolute atomic E-state index is 9.64. The average Bonchev–Trinajstić information content (AvgIpc) is 3.55. The fourth-order valence-corrected chi connectivity index (χ4v) is 5.75. The van der Waals surface area contributed by atoms with Gasteiger partial charge in [-0.3, -0.25) is 4.68 Å². The summed E-state index contributed by atoms with van der Waals surface area (Å²) in [4.78, 5) is 7.20. The second-order valence-electron chi connectivity index (χ2n) is 9.90. The Hall–Kier alpha value is -3.41. The molecule has 2 N–H and O–H groups in total. The van der Waals surface area contributed by atoms with E-state index in [2.05, 4.69) is 46.3 Å². The Labute approximate surface area is 204 Å². The van der Waals surface area contributed by atoms with Crippen LogP contribution in [0.15, 0.2) is 49.2 Å². The van der Waals surface area contributed by atoms with Gasteiger partial charge in [0.1, 0.15) is 11.9 Å². The molecule has 9 heteroatoms. The quantitative estimate of drug-likeness (QED) is 0.486. The van der Waals surface area contributed by atoms with Gasteiger partial charge in [-0.1, -0.05) is 0 Å². The van der Waals surface area contributed by atoms with Crippen molar-refractivity contribution in [2.75, 3.05) is 18.0 Å². The fraction of sp³-hybridized carbons (Fsp3) is 0.360. The van der Waals surface area contributed by atoms with E-state index < -0.39 is 0 Å². The molecule has 4 aromatic heterocycles. The summed E-state index contributed by atoms with van der Waals surface area (Å²) in [6.07, 6.45) is 11.4. The Balaban J connectivity index is 0.00000241. The molecule has 6 rings (SSSR count). The van der Waals surface area contributed by atoms with E-state index in [-0.39, 0.29) is 17.9 Å². The zero-order chi connectivity index (χ0) is 22.7. The summed E-state index contributed by atoms with van der Waals surface area (Å²) >= 11 is 0. The highest BCUT2D eigenvalue weighted by Crippen LogP contribution is 2.43. The van der Waals surface area contributed by atoms with Gasteiger partial charge in [-0.05, 0) is 49.8 Å². The number of nitriles is 1. The Morgan fingerprint density at radius 1 is 1.03 bits per heavy atom. The van der Waals surface area contributed by atoms with Crippen molar-refractivity contribution in [3.05, 3.63) is 54.7 Å². The monoisotopic (exact) mass is 474 g/mol. The van der Waals surface area contributed by atoms with Crippen molar-refractivity contribution in [2.45, 2.75) is 25.3 Å². The number of nitrogens with two attached hydrogens (primary N) is 1. The summed E-state index contributed by atoms with van der Waals surface area (Å²) in [7, 11) is 1.90. The standard InChI is InChI=1S/C25H26N8.ClH/c1-25(27)6-18-13-32(14-19(18)7-25)23-4-3-16(9-28-23)22-5-17(21-11-29-31(2)12-21)15-33-24(22)20(8-26)10-30-33;/h3-5,9-12,15,18-19H,6-7,13-14,27H2,1-2H3;1H/t18-,19+,25?;. The first-order valence-corrected chi connectivity index (χ1v) is 11.3. The van der Waals surface area contributed by atoms with Gasteiger partial charge in [0.15, 0.2) is 0 Å². The van der Waals surface area contributed by atoms with Crippen LogP contribution in [0.5, 0.6) is 0 Å². The molecule has 0 radical (unpaired) electrons. The molecular weight excluding hydrogens is 448 g/mol. The zero-order valence-corrected chi connectivity index (χ0v) is 20.0. The van der Waals surface area contributed by atoms with Crippen molar-refractivity contribution in [3.63, 3.8) is 0 Å². The zero-order valence-electron chi connectivity index (χ0n) is 19.2. The normalized spacial score (nSPS) is 23.6. The van der Waals surface area contributed by atoms with Gasteiger partial charge in [0.2, 0.25) is 0 Å². The fourth-order valence-electron chi connectivity index (χ4n) is 5.75. The molecule has 34 heavy (non-hydrogen) atoms. The smallest absolute Gasteiger partial charge is 0.128 e. The van der Waals surface area contributed by atoms with Crippen LogP contribution in [0.4, 0.5) is 5.82 Å². The lowest BCUT2D eigenvalue weighted by atomic mass is 10.00. The van der Waals surface area contributed by atoms with Crippen LogP contribution < -0.4 is 10.6 Å². The lowest BCUT2D eigenvalue weighted by Gasteiger charge is -2.23. The number of halogens is 1. The molecule has 0 aromatic carbocycles. The molecule has 0 spiro atoms. The van der Waals surface area contributed by atoms with E-state index in [0.29, 0.717) is 17.4 Å². The van der Waals surface area contributed by atoms with Crippen LogP contribution in [0.3, 0.4) is 0 Å². The molecule has 1 aliphatic carbocycles. The molecule has 8 nitrogen and oxygen atoms in total. The number of hydrogen-bond donors (Lipinski definition) is 1. The van der Waals surface area contributed by atoms with Gasteiger partial charge >= 0.3 is 0 Å². The first-order chi connectivity index (χ1) is 15.9. The average molecular weight is 475 g/mol. The van der Waals surface area contributed by atoms with Crippen molar-refractivity contribution in [1.29, 1.82) is 5.26 Å². The molecule has 3 atom stereocenters. The summed E-state index contributed by atoms with van der Waals surface area (Å²) in [6.45, 7) is 4.21. The first-order valence-electron chi connectivity index (χ1n) is 11.3. The molecule has 1 saturated heterocycles. The minimum atomic E-state index is -0.0208. The Morgan fingerprint density at radius 2 is 1.79 bits per heavy atom. The molecule has 1 saturated carbocycles. The number of anilines is 1. The Morgan fingerprint density at radius 3 is 2.41 bits per heavy atom. The number of pyridine rings is 2. The number of aryl methyl sites for hydroxylation is 1. The van der Waals surface area contributed by atoms with E-state index in [1.807, 2.05) is 31.8 Å². The molecule has 4 aromatic rings. The number of aromatic nitrogens is 5. The van der Waals surface area contributed by atoms with Gasteiger partial charge in [0.25, 0.3) is 0 Å². The van der Waals surface area contributed by atoms with E-state index in [1.165, 1.54) is 0 Å². The largest absolute Gasteiger partial charge is 0.356 e.